The average molecular weight is 428 g/mol. The number of aryl methyl sites for hydroxylation is 1. The summed E-state index contributed by atoms with van der Waals surface area (Å²) in [5.74, 6) is -1.31. The van der Waals surface area contributed by atoms with Gasteiger partial charge in [0.15, 0.2) is 0 Å². The number of nitrogens with zero attached hydrogens (tertiary/aromatic N) is 1. The van der Waals surface area contributed by atoms with Crippen molar-refractivity contribution < 1.29 is 35.4 Å². The third kappa shape index (κ3) is 4.00. The first-order valence-corrected chi connectivity index (χ1v) is 5.63. The molecule has 2 rings (SSSR count). The van der Waals surface area contributed by atoms with Crippen molar-refractivity contribution in [2.24, 2.45) is 0 Å². The van der Waals surface area contributed by atoms with E-state index < -0.39 is 17.9 Å². The van der Waals surface area contributed by atoms with E-state index in [0.717, 1.165) is 5.56 Å². The summed E-state index contributed by atoms with van der Waals surface area (Å²) in [5.41, 5.74) is 1.32. The quantitative estimate of drug-likeness (QED) is 0.567. The van der Waals surface area contributed by atoms with Crippen LogP contribution in [0.3, 0.4) is 0 Å². The molecule has 1 unspecified atom stereocenters. The van der Waals surface area contributed by atoms with Crippen molar-refractivity contribution in [3.63, 3.8) is 0 Å². The predicted molar refractivity (Wildman–Crippen MR) is 63.9 cm³/mol. The predicted octanol–water partition coefficient (Wildman–Crippen LogP) is 1.11. The van der Waals surface area contributed by atoms with Crippen LogP contribution in [0.4, 0.5) is 0 Å². The first kappa shape index (κ1) is 15.6. The zero-order valence-corrected chi connectivity index (χ0v) is 13.2. The molecule has 1 aromatic carbocycles. The van der Waals surface area contributed by atoms with Gasteiger partial charge in [-0.1, -0.05) is 6.92 Å². The van der Waals surface area contributed by atoms with Crippen LogP contribution in [-0.2, 0) is 30.7 Å². The third-order valence-corrected chi connectivity index (χ3v) is 2.68. The van der Waals surface area contributed by atoms with E-state index in [1.54, 1.807) is 18.2 Å². The minimum atomic E-state index is -0.773. The fraction of sp³-hybridized carbons (Fsp3) is 0.308. The number of hydrogen-bond acceptors (Lipinski definition) is 3. The summed E-state index contributed by atoms with van der Waals surface area (Å²) < 4.78 is 0. The molecular weight excluding hydrogens is 416 g/mol. The number of hydrogen-bond donors (Lipinski definition) is 1. The fourth-order valence-electron chi connectivity index (χ4n) is 1.65. The van der Waals surface area contributed by atoms with Crippen molar-refractivity contribution in [2.75, 3.05) is 0 Å². The summed E-state index contributed by atoms with van der Waals surface area (Å²) in [5, 5.41) is 5.98. The second-order valence-electron chi connectivity index (χ2n) is 4.18. The summed E-state index contributed by atoms with van der Waals surface area (Å²) in [6, 6.07) is 7.12. The molecule has 0 saturated carbocycles. The molecule has 1 aliphatic heterocycles. The van der Waals surface area contributed by atoms with Gasteiger partial charge in [0.2, 0.25) is 11.8 Å². The van der Waals surface area contributed by atoms with Gasteiger partial charge in [0.05, 0.1) is 0 Å². The normalized spacial score (nSPS) is 18.3. The first-order chi connectivity index (χ1) is 8.56. The molecule has 6 heteroatoms. The Morgan fingerprint density at radius 3 is 2.74 bits per heavy atom. The van der Waals surface area contributed by atoms with Gasteiger partial charge in [-0.3, -0.25) is 14.9 Å². The van der Waals surface area contributed by atoms with Crippen molar-refractivity contribution in [3.8, 4) is 0 Å². The van der Waals surface area contributed by atoms with Crippen molar-refractivity contribution in [2.45, 2.75) is 25.8 Å². The van der Waals surface area contributed by atoms with Gasteiger partial charge in [-0.25, -0.2) is 0 Å². The molecule has 1 fully saturated rings. The van der Waals surface area contributed by atoms with Crippen LogP contribution in [0.5, 0.6) is 0 Å². The van der Waals surface area contributed by atoms with Crippen LogP contribution in [0.15, 0.2) is 18.2 Å². The zero-order valence-electron chi connectivity index (χ0n) is 10.3. The number of benzene rings is 1. The van der Waals surface area contributed by atoms with Gasteiger partial charge >= 0.3 is 21.1 Å². The van der Waals surface area contributed by atoms with Gasteiger partial charge in [-0.15, -0.1) is 35.4 Å². The maximum absolute atomic E-state index is 11.8. The number of carbonyl (C=O) groups excluding carboxylic acids is 3. The molecule has 0 aromatic heterocycles. The van der Waals surface area contributed by atoms with Crippen molar-refractivity contribution in [1.29, 1.82) is 0 Å². The minimum Gasteiger partial charge on any atom is -0.684 e. The Balaban J connectivity index is 0.00000180. The Labute approximate surface area is 125 Å². The molecule has 0 spiro atoms. The van der Waals surface area contributed by atoms with Crippen LogP contribution in [-0.4, -0.2) is 23.8 Å². The summed E-state index contributed by atoms with van der Waals surface area (Å²) in [6.07, 6.45) is 0.493. The maximum Gasteiger partial charge on any atom is 2.00 e. The maximum atomic E-state index is 11.8. The third-order valence-electron chi connectivity index (χ3n) is 2.68. The number of piperidine rings is 1. The number of carbonyl (C=O) groups is 3. The number of imide groups is 1. The van der Waals surface area contributed by atoms with E-state index in [1.807, 2.05) is 6.92 Å². The van der Waals surface area contributed by atoms with Crippen LogP contribution >= 0.6 is 0 Å². The molecule has 1 aromatic rings. The van der Waals surface area contributed by atoms with Gasteiger partial charge < -0.3 is 10.1 Å². The molecule has 1 heterocycles. The average Bonchev–Trinajstić information content (AvgIpc) is 2.33. The van der Waals surface area contributed by atoms with Crippen molar-refractivity contribution >= 4 is 17.7 Å². The molecule has 0 aliphatic carbocycles. The van der Waals surface area contributed by atoms with E-state index in [0.29, 0.717) is 5.56 Å². The first-order valence-electron chi connectivity index (χ1n) is 5.63. The molecule has 1 aliphatic rings. The van der Waals surface area contributed by atoms with Crippen molar-refractivity contribution in [1.82, 2.24) is 5.32 Å². The van der Waals surface area contributed by atoms with E-state index in [4.69, 9.17) is 0 Å². The molecule has 1 N–H and O–H groups in total. The van der Waals surface area contributed by atoms with E-state index in [1.165, 1.54) is 0 Å². The summed E-state index contributed by atoms with van der Waals surface area (Å²) in [4.78, 5) is 34.2. The second-order valence-corrected chi connectivity index (χ2v) is 4.18. The Kier molecular flexibility index (Phi) is 5.42. The van der Waals surface area contributed by atoms with Crippen LogP contribution in [0.25, 0.3) is 5.32 Å². The smallest absolute Gasteiger partial charge is 0.684 e. The SMILES string of the molecule is Cc1c[c-]c(C(=O)[N-]C2CCC(=O)NC2=O)cc1.[W+2]. The summed E-state index contributed by atoms with van der Waals surface area (Å²) in [6.45, 7) is 1.89. The fourth-order valence-corrected chi connectivity index (χ4v) is 1.65. The van der Waals surface area contributed by atoms with Gasteiger partial charge in [-0.05, 0) is 18.4 Å². The molecule has 3 amide bonds. The zero-order chi connectivity index (χ0) is 13.1. The van der Waals surface area contributed by atoms with Crippen LogP contribution in [0, 0.1) is 13.0 Å². The monoisotopic (exact) mass is 428 g/mol. The Morgan fingerprint density at radius 1 is 1.42 bits per heavy atom. The van der Waals surface area contributed by atoms with E-state index in [-0.39, 0.29) is 39.8 Å². The molecule has 19 heavy (non-hydrogen) atoms. The van der Waals surface area contributed by atoms with Crippen molar-refractivity contribution in [3.05, 3.63) is 40.7 Å². The summed E-state index contributed by atoms with van der Waals surface area (Å²) >= 11 is 0. The standard InChI is InChI=1S/C13H13N2O3.W/c1-8-2-4-9(5-3-8)12(17)14-10-6-7-11(16)15-13(10)18;/h2-4,10H,6-7H2,1H3,(H2,14,15,16,17,18);/q-1;+2/p-1. The molecule has 1 saturated heterocycles. The van der Waals surface area contributed by atoms with E-state index >= 15 is 0 Å². The number of rotatable bonds is 2. The molecule has 1 atom stereocenters. The largest absolute Gasteiger partial charge is 2.00 e. The topological polar surface area (TPSA) is 77.3 Å². The number of amides is 3. The van der Waals surface area contributed by atoms with Gasteiger partial charge in [0, 0.05) is 6.42 Å². The van der Waals surface area contributed by atoms with E-state index in [9.17, 15) is 14.4 Å². The van der Waals surface area contributed by atoms with E-state index in [2.05, 4.69) is 16.7 Å². The van der Waals surface area contributed by atoms with Gasteiger partial charge in [0.25, 0.3) is 0 Å². The van der Waals surface area contributed by atoms with Crippen LogP contribution < -0.4 is 5.32 Å². The number of nitrogens with one attached hydrogen (secondary N) is 1. The van der Waals surface area contributed by atoms with Gasteiger partial charge in [0.1, 0.15) is 0 Å². The molecular formula is C13H12N2O3W. The molecule has 0 radical (unpaired) electrons. The summed E-state index contributed by atoms with van der Waals surface area (Å²) in [7, 11) is 0. The molecule has 0 bridgehead atoms. The Bertz CT molecular complexity index is 499. The van der Waals surface area contributed by atoms with Gasteiger partial charge in [-0.2, -0.15) is 0 Å². The Hall–Kier alpha value is -1.48. The Morgan fingerprint density at radius 2 is 2.16 bits per heavy atom. The van der Waals surface area contributed by atoms with Crippen LogP contribution in [0.2, 0.25) is 0 Å². The molecule has 98 valence electrons. The molecule has 5 nitrogen and oxygen atoms in total. The second kappa shape index (κ2) is 6.62. The van der Waals surface area contributed by atoms with Crippen LogP contribution in [0.1, 0.15) is 28.8 Å². The minimum absolute atomic E-state index is 0.